The molecule has 4 aromatic rings. The van der Waals surface area contributed by atoms with Gasteiger partial charge in [-0.25, -0.2) is 4.98 Å². The number of carbonyl (C=O) groups excluding carboxylic acids is 2. The molecule has 2 aromatic heterocycles. The monoisotopic (exact) mass is 479 g/mol. The zero-order valence-corrected chi connectivity index (χ0v) is 20.4. The Labute approximate surface area is 210 Å². The lowest BCUT2D eigenvalue weighted by atomic mass is 10.0. The maximum Gasteiger partial charge on any atom is 0.254 e. The normalized spacial score (nSPS) is 14.1. The van der Waals surface area contributed by atoms with Crippen molar-refractivity contribution in [2.75, 3.05) is 38.0 Å². The second kappa shape index (κ2) is 10.7. The van der Waals surface area contributed by atoms with Crippen LogP contribution in [0.5, 0.6) is 0 Å². The van der Waals surface area contributed by atoms with Gasteiger partial charge in [0.15, 0.2) is 0 Å². The number of pyridine rings is 2. The number of fused-ring (bicyclic) bond motifs is 1. The van der Waals surface area contributed by atoms with Crippen molar-refractivity contribution in [3.63, 3.8) is 0 Å². The number of carbonyl (C=O) groups is 2. The quantitative estimate of drug-likeness (QED) is 0.447. The summed E-state index contributed by atoms with van der Waals surface area (Å²) in [6, 6.07) is 21.3. The maximum atomic E-state index is 13.6. The van der Waals surface area contributed by atoms with Gasteiger partial charge in [0.2, 0.25) is 5.91 Å². The van der Waals surface area contributed by atoms with Crippen LogP contribution in [-0.2, 0) is 11.2 Å². The summed E-state index contributed by atoms with van der Waals surface area (Å²) in [5.74, 6) is -0.0392. The summed E-state index contributed by atoms with van der Waals surface area (Å²) in [5.41, 5.74) is 5.10. The fourth-order valence-electron chi connectivity index (χ4n) is 4.65. The molecule has 1 aliphatic rings. The number of hydrogen-bond donors (Lipinski definition) is 1. The molecule has 7 heteroatoms. The first-order valence-electron chi connectivity index (χ1n) is 12.3. The van der Waals surface area contributed by atoms with E-state index in [0.717, 1.165) is 39.8 Å². The van der Waals surface area contributed by atoms with Crippen molar-refractivity contribution in [3.8, 4) is 11.3 Å². The second-order valence-electron chi connectivity index (χ2n) is 8.94. The molecule has 0 spiro atoms. The minimum Gasteiger partial charge on any atom is -0.336 e. The van der Waals surface area contributed by atoms with Crippen LogP contribution in [0.25, 0.3) is 22.2 Å². The van der Waals surface area contributed by atoms with E-state index >= 15 is 0 Å². The van der Waals surface area contributed by atoms with Gasteiger partial charge in [-0.3, -0.25) is 19.5 Å². The molecule has 0 radical (unpaired) electrons. The van der Waals surface area contributed by atoms with E-state index in [1.165, 1.54) is 0 Å². The lowest BCUT2D eigenvalue weighted by molar-refractivity contribution is -0.117. The van der Waals surface area contributed by atoms with E-state index in [2.05, 4.69) is 22.1 Å². The Hall–Kier alpha value is -4.10. The highest BCUT2D eigenvalue weighted by atomic mass is 16.2. The van der Waals surface area contributed by atoms with Crippen LogP contribution < -0.4 is 5.32 Å². The van der Waals surface area contributed by atoms with E-state index in [9.17, 15) is 9.59 Å². The molecular weight excluding hydrogens is 450 g/mol. The summed E-state index contributed by atoms with van der Waals surface area (Å²) in [4.78, 5) is 39.1. The molecule has 182 valence electrons. The number of aromatic nitrogens is 2. The van der Waals surface area contributed by atoms with Gasteiger partial charge in [-0.1, -0.05) is 43.3 Å². The number of amides is 2. The summed E-state index contributed by atoms with van der Waals surface area (Å²) in [7, 11) is 0. The Morgan fingerprint density at radius 1 is 0.917 bits per heavy atom. The summed E-state index contributed by atoms with van der Waals surface area (Å²) < 4.78 is 0. The summed E-state index contributed by atoms with van der Waals surface area (Å²) in [6.07, 6.45) is 4.32. The molecule has 2 aromatic carbocycles. The van der Waals surface area contributed by atoms with Crippen molar-refractivity contribution in [3.05, 3.63) is 90.3 Å². The van der Waals surface area contributed by atoms with Gasteiger partial charge in [-0.15, -0.1) is 0 Å². The van der Waals surface area contributed by atoms with Crippen LogP contribution in [0.4, 0.5) is 5.69 Å². The smallest absolute Gasteiger partial charge is 0.254 e. The molecule has 1 N–H and O–H groups in total. The molecule has 0 saturated carbocycles. The Morgan fingerprint density at radius 2 is 1.64 bits per heavy atom. The predicted octanol–water partition coefficient (Wildman–Crippen LogP) is 4.26. The lowest BCUT2D eigenvalue weighted by Gasteiger charge is -2.34. The van der Waals surface area contributed by atoms with Crippen LogP contribution in [0.1, 0.15) is 22.8 Å². The molecule has 1 saturated heterocycles. The van der Waals surface area contributed by atoms with Gasteiger partial charge < -0.3 is 10.2 Å². The molecule has 36 heavy (non-hydrogen) atoms. The molecule has 1 fully saturated rings. The summed E-state index contributed by atoms with van der Waals surface area (Å²) in [6.45, 7) is 4.82. The third kappa shape index (κ3) is 5.11. The second-order valence-corrected chi connectivity index (χ2v) is 8.94. The van der Waals surface area contributed by atoms with Crippen LogP contribution >= 0.6 is 0 Å². The van der Waals surface area contributed by atoms with Gasteiger partial charge >= 0.3 is 0 Å². The van der Waals surface area contributed by atoms with Crippen molar-refractivity contribution in [2.24, 2.45) is 0 Å². The number of anilines is 1. The Morgan fingerprint density at radius 3 is 2.42 bits per heavy atom. The molecule has 0 bridgehead atoms. The first-order valence-corrected chi connectivity index (χ1v) is 12.3. The maximum absolute atomic E-state index is 13.6. The van der Waals surface area contributed by atoms with E-state index in [-0.39, 0.29) is 11.8 Å². The highest BCUT2D eigenvalue weighted by molar-refractivity contribution is 6.07. The number of hydrogen-bond acceptors (Lipinski definition) is 5. The van der Waals surface area contributed by atoms with E-state index in [1.807, 2.05) is 71.6 Å². The molecule has 7 nitrogen and oxygen atoms in total. The zero-order chi connectivity index (χ0) is 24.9. The minimum atomic E-state index is -0.0298. The SMILES string of the molecule is CCc1ccccc1NC(=O)CN1CCN(C(=O)c2cc(-c3ccncc3)nc3ccccc23)CC1. The van der Waals surface area contributed by atoms with Crippen LogP contribution in [-0.4, -0.2) is 64.3 Å². The van der Waals surface area contributed by atoms with Crippen molar-refractivity contribution >= 4 is 28.4 Å². The van der Waals surface area contributed by atoms with Crippen LogP contribution in [0.2, 0.25) is 0 Å². The molecule has 5 rings (SSSR count). The van der Waals surface area contributed by atoms with Crippen molar-refractivity contribution in [1.82, 2.24) is 19.8 Å². The number of para-hydroxylation sites is 2. The van der Waals surface area contributed by atoms with Gasteiger partial charge in [-0.05, 0) is 42.3 Å². The number of aryl methyl sites for hydroxylation is 1. The van der Waals surface area contributed by atoms with Crippen molar-refractivity contribution in [1.29, 1.82) is 0 Å². The average Bonchev–Trinajstić information content (AvgIpc) is 2.93. The molecule has 0 atom stereocenters. The Balaban J connectivity index is 1.27. The fourth-order valence-corrected chi connectivity index (χ4v) is 4.65. The fraction of sp³-hybridized carbons (Fsp3) is 0.241. The van der Waals surface area contributed by atoms with E-state index < -0.39 is 0 Å². The van der Waals surface area contributed by atoms with Gasteiger partial charge in [0, 0.05) is 55.2 Å². The van der Waals surface area contributed by atoms with E-state index in [4.69, 9.17) is 4.98 Å². The van der Waals surface area contributed by atoms with Crippen LogP contribution in [0.15, 0.2) is 79.1 Å². The number of benzene rings is 2. The zero-order valence-electron chi connectivity index (χ0n) is 20.4. The van der Waals surface area contributed by atoms with Crippen LogP contribution in [0.3, 0.4) is 0 Å². The van der Waals surface area contributed by atoms with Crippen molar-refractivity contribution in [2.45, 2.75) is 13.3 Å². The van der Waals surface area contributed by atoms with Gasteiger partial charge in [0.25, 0.3) is 5.91 Å². The highest BCUT2D eigenvalue weighted by Crippen LogP contribution is 2.26. The average molecular weight is 480 g/mol. The van der Waals surface area contributed by atoms with E-state index in [1.54, 1.807) is 12.4 Å². The minimum absolute atomic E-state index is 0.00937. The molecule has 1 aliphatic heterocycles. The summed E-state index contributed by atoms with van der Waals surface area (Å²) in [5, 5.41) is 3.88. The predicted molar refractivity (Wildman–Crippen MR) is 142 cm³/mol. The number of piperazine rings is 1. The largest absolute Gasteiger partial charge is 0.336 e. The molecule has 0 aliphatic carbocycles. The Kier molecular flexibility index (Phi) is 7.00. The highest BCUT2D eigenvalue weighted by Gasteiger charge is 2.25. The molecule has 2 amide bonds. The first kappa shape index (κ1) is 23.6. The lowest BCUT2D eigenvalue weighted by Crippen LogP contribution is -2.50. The van der Waals surface area contributed by atoms with Gasteiger partial charge in [0.1, 0.15) is 0 Å². The summed E-state index contributed by atoms with van der Waals surface area (Å²) >= 11 is 0. The topological polar surface area (TPSA) is 78.4 Å². The standard InChI is InChI=1S/C29H29N5O2/c1-2-21-7-3-5-9-25(21)32-28(35)20-33-15-17-34(18-16-33)29(36)24-19-27(22-11-13-30-14-12-22)31-26-10-6-4-8-23(24)26/h3-14,19H,2,15-18,20H2,1H3,(H,32,35). The van der Waals surface area contributed by atoms with Crippen LogP contribution in [0, 0.1) is 0 Å². The molecule has 3 heterocycles. The Bertz CT molecular complexity index is 1380. The van der Waals surface area contributed by atoms with E-state index in [0.29, 0.717) is 38.3 Å². The third-order valence-corrected chi connectivity index (χ3v) is 6.62. The number of nitrogens with zero attached hydrogens (tertiary/aromatic N) is 4. The third-order valence-electron chi connectivity index (χ3n) is 6.62. The number of nitrogens with one attached hydrogen (secondary N) is 1. The van der Waals surface area contributed by atoms with Crippen molar-refractivity contribution < 1.29 is 9.59 Å². The van der Waals surface area contributed by atoms with Gasteiger partial charge in [-0.2, -0.15) is 0 Å². The molecular formula is C29H29N5O2. The number of rotatable bonds is 6. The molecule has 0 unspecified atom stereocenters. The first-order chi connectivity index (χ1) is 17.6. The van der Waals surface area contributed by atoms with Gasteiger partial charge in [0.05, 0.1) is 23.3 Å².